The average Bonchev–Trinajstić information content (AvgIpc) is 2.85. The molecule has 1 aliphatic carbocycles. The predicted octanol–water partition coefficient (Wildman–Crippen LogP) is 4.80. The van der Waals surface area contributed by atoms with E-state index in [1.807, 2.05) is 0 Å². The van der Waals surface area contributed by atoms with Crippen molar-refractivity contribution in [2.45, 2.75) is 50.2 Å². The Morgan fingerprint density at radius 2 is 1.92 bits per heavy atom. The van der Waals surface area contributed by atoms with Crippen LogP contribution in [0.2, 0.25) is 5.02 Å². The third-order valence-electron chi connectivity index (χ3n) is 7.56. The summed E-state index contributed by atoms with van der Waals surface area (Å²) in [6, 6.07) is 10.5. The summed E-state index contributed by atoms with van der Waals surface area (Å²) < 4.78 is 5.82. The molecule has 2 aliphatic heterocycles. The maximum absolute atomic E-state index is 13.9. The van der Waals surface area contributed by atoms with E-state index in [1.165, 1.54) is 24.3 Å². The Kier molecular flexibility index (Phi) is 7.16. The summed E-state index contributed by atoms with van der Waals surface area (Å²) in [6.45, 7) is 0.646. The minimum Gasteiger partial charge on any atom is -0.465 e. The van der Waals surface area contributed by atoms with Gasteiger partial charge in [-0.15, -0.1) is 0 Å². The molecular weight excluding hydrogens is 512 g/mol. The molecule has 10 nitrogen and oxygen atoms in total. The smallest absolute Gasteiger partial charge is 0.412 e. The Morgan fingerprint density at radius 3 is 2.61 bits per heavy atom. The summed E-state index contributed by atoms with van der Waals surface area (Å²) >= 11 is 6.27. The van der Waals surface area contributed by atoms with Crippen LogP contribution in [0.4, 0.5) is 21.0 Å². The normalized spacial score (nSPS) is 21.4. The zero-order chi connectivity index (χ0) is 26.9. The van der Waals surface area contributed by atoms with Gasteiger partial charge in [0.1, 0.15) is 6.04 Å². The Balaban J connectivity index is 1.35. The highest BCUT2D eigenvalue weighted by atomic mass is 35.5. The lowest BCUT2D eigenvalue weighted by molar-refractivity contribution is -0.141. The van der Waals surface area contributed by atoms with Gasteiger partial charge >= 0.3 is 12.2 Å². The van der Waals surface area contributed by atoms with Crippen molar-refractivity contribution >= 4 is 47.0 Å². The van der Waals surface area contributed by atoms with Crippen LogP contribution >= 0.6 is 11.6 Å². The molecule has 200 valence electrons. The third kappa shape index (κ3) is 5.40. The zero-order valence-electron chi connectivity index (χ0n) is 20.7. The number of halogens is 1. The van der Waals surface area contributed by atoms with E-state index in [-0.39, 0.29) is 12.5 Å². The second-order valence-electron chi connectivity index (χ2n) is 10.1. The summed E-state index contributed by atoms with van der Waals surface area (Å²) in [4.78, 5) is 51.9. The van der Waals surface area contributed by atoms with Crippen molar-refractivity contribution in [1.29, 1.82) is 0 Å². The van der Waals surface area contributed by atoms with Gasteiger partial charge in [0.05, 0.1) is 12.2 Å². The first-order valence-corrected chi connectivity index (χ1v) is 13.1. The minimum atomic E-state index is -1.20. The van der Waals surface area contributed by atoms with E-state index in [0.29, 0.717) is 53.7 Å². The molecule has 0 unspecified atom stereocenters. The van der Waals surface area contributed by atoms with E-state index in [4.69, 9.17) is 21.4 Å². The van der Waals surface area contributed by atoms with Crippen LogP contribution in [0, 0.1) is 5.92 Å². The van der Waals surface area contributed by atoms with Gasteiger partial charge in [0.15, 0.2) is 5.60 Å². The van der Waals surface area contributed by atoms with Gasteiger partial charge in [-0.25, -0.2) is 9.59 Å². The number of fused-ring (bicyclic) bond motifs is 2. The van der Waals surface area contributed by atoms with Crippen LogP contribution in [-0.2, 0) is 15.1 Å². The van der Waals surface area contributed by atoms with Gasteiger partial charge in [0.25, 0.3) is 5.91 Å². The predicted molar refractivity (Wildman–Crippen MR) is 140 cm³/mol. The highest BCUT2D eigenvalue weighted by Gasteiger charge is 2.47. The number of rotatable bonds is 6. The van der Waals surface area contributed by atoms with Gasteiger partial charge < -0.3 is 20.1 Å². The fourth-order valence-electron chi connectivity index (χ4n) is 5.46. The van der Waals surface area contributed by atoms with Crippen molar-refractivity contribution in [3.05, 3.63) is 58.6 Å². The molecule has 4 amide bonds. The number of piperidine rings is 1. The number of carbonyl (C=O) groups excluding carboxylic acids is 3. The number of benzene rings is 2. The second-order valence-corrected chi connectivity index (χ2v) is 10.6. The number of ether oxygens (including phenoxy) is 1. The summed E-state index contributed by atoms with van der Waals surface area (Å²) in [6.07, 6.45) is 3.04. The Labute approximate surface area is 224 Å². The molecule has 5 rings (SSSR count). The first-order chi connectivity index (χ1) is 18.2. The first-order valence-electron chi connectivity index (χ1n) is 12.7. The lowest BCUT2D eigenvalue weighted by Gasteiger charge is -2.46. The molecule has 0 aromatic heterocycles. The van der Waals surface area contributed by atoms with E-state index >= 15 is 0 Å². The van der Waals surface area contributed by atoms with E-state index in [1.54, 1.807) is 23.1 Å². The van der Waals surface area contributed by atoms with Gasteiger partial charge in [0, 0.05) is 28.4 Å². The largest absolute Gasteiger partial charge is 0.465 e. The highest BCUT2D eigenvalue weighted by molar-refractivity contribution is 6.30. The van der Waals surface area contributed by atoms with Crippen molar-refractivity contribution in [2.24, 2.45) is 5.92 Å². The Morgan fingerprint density at radius 1 is 1.16 bits per heavy atom. The molecule has 2 aromatic rings. The number of anilines is 2. The maximum atomic E-state index is 13.9. The molecule has 1 saturated heterocycles. The Bertz CT molecular complexity index is 1260. The lowest BCUT2D eigenvalue weighted by atomic mass is 9.80. The van der Waals surface area contributed by atoms with Crippen molar-refractivity contribution in [2.75, 3.05) is 23.7 Å². The van der Waals surface area contributed by atoms with Crippen molar-refractivity contribution in [3.8, 4) is 0 Å². The molecule has 2 aromatic carbocycles. The molecule has 3 aliphatic rings. The summed E-state index contributed by atoms with van der Waals surface area (Å²) in [5.41, 5.74) is 0.982. The van der Waals surface area contributed by atoms with Crippen LogP contribution in [0.1, 0.15) is 54.4 Å². The third-order valence-corrected chi connectivity index (χ3v) is 7.79. The van der Waals surface area contributed by atoms with E-state index in [9.17, 15) is 19.2 Å². The monoisotopic (exact) mass is 540 g/mol. The van der Waals surface area contributed by atoms with E-state index < -0.39 is 29.7 Å². The summed E-state index contributed by atoms with van der Waals surface area (Å²) in [5, 5.41) is 17.2. The van der Waals surface area contributed by atoms with Gasteiger partial charge in [-0.3, -0.25) is 20.2 Å². The van der Waals surface area contributed by atoms with Crippen LogP contribution in [0.3, 0.4) is 0 Å². The fourth-order valence-corrected chi connectivity index (χ4v) is 5.63. The fraction of sp³-hybridized carbons (Fsp3) is 0.407. The average molecular weight is 541 g/mol. The van der Waals surface area contributed by atoms with Crippen LogP contribution in [0.5, 0.6) is 0 Å². The molecule has 1 spiro atoms. The summed E-state index contributed by atoms with van der Waals surface area (Å²) in [7, 11) is 0. The number of amides is 4. The summed E-state index contributed by atoms with van der Waals surface area (Å²) in [5.74, 6) is -0.283. The Hall–Kier alpha value is -3.79. The topological polar surface area (TPSA) is 137 Å². The molecule has 2 heterocycles. The standard InChI is InChI=1S/C27H29ClN4O6/c28-18-7-10-21-20(14-18)27(38-26(37)31-21)11-2-12-32(15-27)24(34)22(13-16-3-1-4-16)30-23(33)17-5-8-19(9-6-17)29-25(35)36/h5-10,14,16,22,29H,1-4,11-13,15H2,(H,30,33)(H,31,37)(H,35,36)/t22-,27-/m0/s1. The molecule has 11 heteroatoms. The molecule has 2 fully saturated rings. The first kappa shape index (κ1) is 25.8. The number of likely N-dealkylation sites (tertiary alicyclic amines) is 1. The second kappa shape index (κ2) is 10.5. The van der Waals surface area contributed by atoms with Crippen LogP contribution in [-0.4, -0.2) is 53.1 Å². The molecule has 4 N–H and O–H groups in total. The molecule has 1 saturated carbocycles. The number of hydrogen-bond donors (Lipinski definition) is 4. The minimum absolute atomic E-state index is 0.166. The molecular formula is C27H29ClN4O6. The van der Waals surface area contributed by atoms with Crippen LogP contribution in [0.25, 0.3) is 0 Å². The van der Waals surface area contributed by atoms with E-state index in [2.05, 4.69) is 16.0 Å². The SMILES string of the molecule is O=C(O)Nc1ccc(C(=O)N[C@@H](CC2CCC2)C(=O)N2CCC[C@@]3(C2)OC(=O)Nc2ccc(Cl)cc23)cc1. The zero-order valence-corrected chi connectivity index (χ0v) is 21.4. The van der Waals surface area contributed by atoms with E-state index in [0.717, 1.165) is 24.8 Å². The number of carbonyl (C=O) groups is 4. The maximum Gasteiger partial charge on any atom is 0.412 e. The highest BCUT2D eigenvalue weighted by Crippen LogP contribution is 2.43. The number of carboxylic acid groups (broad SMARTS) is 1. The molecule has 38 heavy (non-hydrogen) atoms. The lowest BCUT2D eigenvalue weighted by Crippen LogP contribution is -2.57. The van der Waals surface area contributed by atoms with Crippen LogP contribution in [0.15, 0.2) is 42.5 Å². The quantitative estimate of drug-likeness (QED) is 0.415. The van der Waals surface area contributed by atoms with Crippen LogP contribution < -0.4 is 16.0 Å². The van der Waals surface area contributed by atoms with Crippen molar-refractivity contribution in [3.63, 3.8) is 0 Å². The van der Waals surface area contributed by atoms with Gasteiger partial charge in [-0.1, -0.05) is 30.9 Å². The van der Waals surface area contributed by atoms with Crippen molar-refractivity contribution in [1.82, 2.24) is 10.2 Å². The molecule has 2 atom stereocenters. The molecule has 0 bridgehead atoms. The number of nitrogens with zero attached hydrogens (tertiary/aromatic N) is 1. The number of nitrogens with one attached hydrogen (secondary N) is 3. The van der Waals surface area contributed by atoms with Gasteiger partial charge in [-0.05, 0) is 67.6 Å². The van der Waals surface area contributed by atoms with Gasteiger partial charge in [-0.2, -0.15) is 0 Å². The molecule has 0 radical (unpaired) electrons. The number of hydrogen-bond acceptors (Lipinski definition) is 5. The van der Waals surface area contributed by atoms with Gasteiger partial charge in [0.2, 0.25) is 5.91 Å². The van der Waals surface area contributed by atoms with Crippen molar-refractivity contribution < 1.29 is 29.0 Å².